The van der Waals surface area contributed by atoms with E-state index >= 15 is 0 Å². The lowest BCUT2D eigenvalue weighted by molar-refractivity contribution is -0.136. The van der Waals surface area contributed by atoms with E-state index in [9.17, 15) is 18.8 Å². The van der Waals surface area contributed by atoms with Gasteiger partial charge in [0.1, 0.15) is 17.1 Å². The van der Waals surface area contributed by atoms with Gasteiger partial charge in [0.15, 0.2) is 0 Å². The molecule has 128 valence electrons. The van der Waals surface area contributed by atoms with Crippen LogP contribution in [0.3, 0.4) is 0 Å². The SMILES string of the molecule is COC(=O)C1=C(Nc2cccc(F)c2C(=O)O)C(=O)N(CCO)C1. The average molecular weight is 338 g/mol. The van der Waals surface area contributed by atoms with Crippen LogP contribution >= 0.6 is 0 Å². The highest BCUT2D eigenvalue weighted by Gasteiger charge is 2.35. The molecule has 0 unspecified atom stereocenters. The Bertz CT molecular complexity index is 731. The van der Waals surface area contributed by atoms with Crippen molar-refractivity contribution >= 4 is 23.5 Å². The van der Waals surface area contributed by atoms with Crippen molar-refractivity contribution in [3.8, 4) is 0 Å². The van der Waals surface area contributed by atoms with Gasteiger partial charge in [-0.1, -0.05) is 6.07 Å². The summed E-state index contributed by atoms with van der Waals surface area (Å²) in [5.41, 5.74) is -1.05. The number of carboxylic acids is 1. The van der Waals surface area contributed by atoms with Gasteiger partial charge in [-0.15, -0.1) is 0 Å². The first-order valence-electron chi connectivity index (χ1n) is 6.91. The number of rotatable bonds is 6. The molecular weight excluding hydrogens is 323 g/mol. The van der Waals surface area contributed by atoms with E-state index in [2.05, 4.69) is 10.1 Å². The summed E-state index contributed by atoms with van der Waals surface area (Å²) in [6.07, 6.45) is 0. The molecule has 1 aromatic carbocycles. The number of anilines is 1. The van der Waals surface area contributed by atoms with Crippen LogP contribution in [0.1, 0.15) is 10.4 Å². The Balaban J connectivity index is 2.45. The van der Waals surface area contributed by atoms with E-state index in [1.54, 1.807) is 0 Å². The van der Waals surface area contributed by atoms with Crippen molar-refractivity contribution in [3.05, 3.63) is 40.8 Å². The van der Waals surface area contributed by atoms with Gasteiger partial charge in [-0.3, -0.25) is 4.79 Å². The van der Waals surface area contributed by atoms with Gasteiger partial charge < -0.3 is 25.2 Å². The summed E-state index contributed by atoms with van der Waals surface area (Å²) in [6, 6.07) is 3.52. The lowest BCUT2D eigenvalue weighted by Crippen LogP contribution is -2.31. The van der Waals surface area contributed by atoms with Crippen LogP contribution in [-0.4, -0.2) is 59.8 Å². The Morgan fingerprint density at radius 2 is 2.12 bits per heavy atom. The molecule has 0 atom stereocenters. The van der Waals surface area contributed by atoms with Crippen molar-refractivity contribution in [3.63, 3.8) is 0 Å². The molecule has 24 heavy (non-hydrogen) atoms. The maximum atomic E-state index is 13.7. The van der Waals surface area contributed by atoms with Gasteiger partial charge in [-0.25, -0.2) is 14.0 Å². The second-order valence-electron chi connectivity index (χ2n) is 4.89. The number of hydrogen-bond acceptors (Lipinski definition) is 6. The van der Waals surface area contributed by atoms with Crippen molar-refractivity contribution in [2.45, 2.75) is 0 Å². The zero-order valence-electron chi connectivity index (χ0n) is 12.7. The number of amides is 1. The first kappa shape index (κ1) is 17.4. The second kappa shape index (κ2) is 7.09. The molecule has 1 aliphatic heterocycles. The highest BCUT2D eigenvalue weighted by atomic mass is 19.1. The van der Waals surface area contributed by atoms with Crippen LogP contribution in [0.25, 0.3) is 0 Å². The third-order valence-corrected chi connectivity index (χ3v) is 3.44. The van der Waals surface area contributed by atoms with E-state index in [0.29, 0.717) is 0 Å². The average Bonchev–Trinajstić information content (AvgIpc) is 2.84. The quantitative estimate of drug-likeness (QED) is 0.634. The van der Waals surface area contributed by atoms with E-state index in [-0.39, 0.29) is 36.7 Å². The molecule has 0 radical (unpaired) electrons. The monoisotopic (exact) mass is 338 g/mol. The van der Waals surface area contributed by atoms with Gasteiger partial charge >= 0.3 is 11.9 Å². The van der Waals surface area contributed by atoms with E-state index in [1.807, 2.05) is 0 Å². The van der Waals surface area contributed by atoms with Crippen LogP contribution in [0.5, 0.6) is 0 Å². The Kier molecular flexibility index (Phi) is 5.14. The molecule has 9 heteroatoms. The molecule has 1 aliphatic rings. The summed E-state index contributed by atoms with van der Waals surface area (Å²) in [7, 11) is 1.14. The lowest BCUT2D eigenvalue weighted by atomic mass is 10.1. The maximum absolute atomic E-state index is 13.7. The van der Waals surface area contributed by atoms with Crippen LogP contribution in [0.4, 0.5) is 10.1 Å². The van der Waals surface area contributed by atoms with Crippen molar-refractivity contribution in [2.24, 2.45) is 0 Å². The molecule has 0 bridgehead atoms. The topological polar surface area (TPSA) is 116 Å². The zero-order chi connectivity index (χ0) is 17.9. The number of ether oxygens (including phenoxy) is 1. The van der Waals surface area contributed by atoms with Gasteiger partial charge in [0.2, 0.25) is 0 Å². The molecule has 0 fully saturated rings. The van der Waals surface area contributed by atoms with Crippen LogP contribution in [0.2, 0.25) is 0 Å². The van der Waals surface area contributed by atoms with Crippen LogP contribution in [-0.2, 0) is 14.3 Å². The van der Waals surface area contributed by atoms with Gasteiger partial charge in [-0.2, -0.15) is 0 Å². The fourth-order valence-corrected chi connectivity index (χ4v) is 2.33. The predicted octanol–water partition coefficient (Wildman–Crippen LogP) is 0.197. The highest BCUT2D eigenvalue weighted by molar-refractivity contribution is 6.09. The Hall–Kier alpha value is -2.94. The third-order valence-electron chi connectivity index (χ3n) is 3.44. The molecule has 3 N–H and O–H groups in total. The summed E-state index contributed by atoms with van der Waals surface area (Å²) in [4.78, 5) is 36.6. The highest BCUT2D eigenvalue weighted by Crippen LogP contribution is 2.26. The fourth-order valence-electron chi connectivity index (χ4n) is 2.33. The Morgan fingerprint density at radius 3 is 2.71 bits per heavy atom. The predicted molar refractivity (Wildman–Crippen MR) is 79.7 cm³/mol. The number of carbonyl (C=O) groups is 3. The standard InChI is InChI=1S/C15H15FN2O6/c1-24-15(23)8-7-18(5-6-19)13(20)12(8)17-10-4-2-3-9(16)11(10)14(21)22/h2-4,17,19H,5-7H2,1H3,(H,21,22). The van der Waals surface area contributed by atoms with E-state index < -0.39 is 29.2 Å². The van der Waals surface area contributed by atoms with E-state index in [0.717, 1.165) is 13.2 Å². The number of aromatic carboxylic acids is 1. The minimum atomic E-state index is -1.52. The summed E-state index contributed by atoms with van der Waals surface area (Å²) in [5.74, 6) is -3.90. The molecule has 0 saturated carbocycles. The molecule has 8 nitrogen and oxygen atoms in total. The van der Waals surface area contributed by atoms with Crippen molar-refractivity contribution in [2.75, 3.05) is 32.1 Å². The van der Waals surface area contributed by atoms with Gasteiger partial charge in [0, 0.05) is 6.54 Å². The first-order chi connectivity index (χ1) is 11.4. The Labute approximate surface area is 136 Å². The first-order valence-corrected chi connectivity index (χ1v) is 6.91. The normalized spacial score (nSPS) is 14.1. The lowest BCUT2D eigenvalue weighted by Gasteiger charge is -2.15. The summed E-state index contributed by atoms with van der Waals surface area (Å²) in [6.45, 7) is -0.431. The summed E-state index contributed by atoms with van der Waals surface area (Å²) >= 11 is 0. The largest absolute Gasteiger partial charge is 0.478 e. The number of esters is 1. The minimum absolute atomic E-state index is 0.0144. The third kappa shape index (κ3) is 3.20. The number of carboxylic acid groups (broad SMARTS) is 1. The smallest absolute Gasteiger partial charge is 0.340 e. The van der Waals surface area contributed by atoms with Gasteiger partial charge in [0.05, 0.1) is 31.5 Å². The van der Waals surface area contributed by atoms with Gasteiger partial charge in [0.25, 0.3) is 5.91 Å². The second-order valence-corrected chi connectivity index (χ2v) is 4.89. The van der Waals surface area contributed by atoms with Crippen molar-refractivity contribution in [1.29, 1.82) is 0 Å². The molecule has 2 rings (SSSR count). The number of halogens is 1. The molecule has 0 spiro atoms. The van der Waals surface area contributed by atoms with Crippen LogP contribution in [0, 0.1) is 5.82 Å². The zero-order valence-corrected chi connectivity index (χ0v) is 12.7. The number of aliphatic hydroxyl groups excluding tert-OH is 1. The summed E-state index contributed by atoms with van der Waals surface area (Å²) < 4.78 is 18.3. The molecule has 0 aromatic heterocycles. The van der Waals surface area contributed by atoms with Crippen molar-refractivity contribution < 1.29 is 33.7 Å². The number of benzene rings is 1. The van der Waals surface area contributed by atoms with E-state index in [1.165, 1.54) is 17.0 Å². The maximum Gasteiger partial charge on any atom is 0.340 e. The molecule has 1 amide bonds. The number of carbonyl (C=O) groups excluding carboxylic acids is 2. The van der Waals surface area contributed by atoms with Crippen molar-refractivity contribution in [1.82, 2.24) is 4.90 Å². The Morgan fingerprint density at radius 1 is 1.42 bits per heavy atom. The minimum Gasteiger partial charge on any atom is -0.478 e. The van der Waals surface area contributed by atoms with Gasteiger partial charge in [-0.05, 0) is 12.1 Å². The molecular formula is C15H15FN2O6. The number of methoxy groups -OCH3 is 1. The molecule has 1 heterocycles. The van der Waals surface area contributed by atoms with E-state index in [4.69, 9.17) is 10.2 Å². The molecule has 0 aliphatic carbocycles. The number of nitrogens with one attached hydrogen (secondary N) is 1. The summed E-state index contributed by atoms with van der Waals surface area (Å²) in [5, 5.41) is 20.6. The number of nitrogens with zero attached hydrogens (tertiary/aromatic N) is 1. The molecule has 1 aromatic rings. The number of aliphatic hydroxyl groups is 1. The van der Waals surface area contributed by atoms with Crippen LogP contribution < -0.4 is 5.32 Å². The number of hydrogen-bond donors (Lipinski definition) is 3. The fraction of sp³-hybridized carbons (Fsp3) is 0.267. The molecule has 0 saturated heterocycles. The number of β-amino-alcohol motifs (C(OH)–C–C–N with tert-alkyl or cyclic N) is 1. The van der Waals surface area contributed by atoms with Crippen LogP contribution in [0.15, 0.2) is 29.5 Å².